The van der Waals surface area contributed by atoms with Gasteiger partial charge in [-0.25, -0.2) is 13.6 Å². The van der Waals surface area contributed by atoms with Crippen LogP contribution in [0.2, 0.25) is 0 Å². The number of ether oxygens (including phenoxy) is 2. The lowest BCUT2D eigenvalue weighted by atomic mass is 10.3. The topological polar surface area (TPSA) is 108 Å². The Morgan fingerprint density at radius 1 is 1.39 bits per heavy atom. The molecule has 0 aliphatic carbocycles. The maximum Gasteiger partial charge on any atom is 0.250 e. The molecule has 0 fully saturated rings. The Morgan fingerprint density at radius 2 is 2.06 bits per heavy atom. The Balaban J connectivity index is 3.11. The lowest BCUT2D eigenvalue weighted by Crippen LogP contribution is -2.18. The Bertz CT molecular complexity index is 541. The number of benzene rings is 1. The lowest BCUT2D eigenvalue weighted by Gasteiger charge is -2.11. The summed E-state index contributed by atoms with van der Waals surface area (Å²) in [6.07, 6.45) is 0. The summed E-state index contributed by atoms with van der Waals surface area (Å²) in [5.41, 5.74) is 0.214. The number of sulfonamides is 1. The van der Waals surface area contributed by atoms with Crippen molar-refractivity contribution >= 4 is 21.6 Å². The van der Waals surface area contributed by atoms with Gasteiger partial charge in [0.05, 0.1) is 17.7 Å². The van der Waals surface area contributed by atoms with Gasteiger partial charge in [-0.1, -0.05) is 0 Å². The molecule has 1 aromatic rings. The molecular weight excluding hydrogens is 260 g/mol. The van der Waals surface area contributed by atoms with Crippen molar-refractivity contribution < 1.29 is 22.7 Å². The van der Waals surface area contributed by atoms with Crippen LogP contribution in [-0.4, -0.2) is 35.2 Å². The molecule has 100 valence electrons. The summed E-state index contributed by atoms with van der Waals surface area (Å²) in [5.74, 6) is -0.103. The van der Waals surface area contributed by atoms with E-state index in [1.165, 1.54) is 32.4 Å². The fraction of sp³-hybridized carbons (Fsp3) is 0.300. The van der Waals surface area contributed by atoms with Crippen molar-refractivity contribution in [2.75, 3.05) is 26.1 Å². The Kier molecular flexibility index (Phi) is 4.65. The number of methoxy groups -OCH3 is 2. The average molecular weight is 274 g/mol. The van der Waals surface area contributed by atoms with E-state index in [1.807, 2.05) is 0 Å². The Labute approximate surface area is 105 Å². The van der Waals surface area contributed by atoms with Crippen molar-refractivity contribution in [2.45, 2.75) is 4.90 Å². The zero-order chi connectivity index (χ0) is 13.8. The van der Waals surface area contributed by atoms with Crippen LogP contribution in [0, 0.1) is 0 Å². The number of carbonyl (C=O) groups is 1. The van der Waals surface area contributed by atoms with Crippen LogP contribution in [0.25, 0.3) is 0 Å². The molecule has 0 spiro atoms. The molecule has 0 bridgehead atoms. The van der Waals surface area contributed by atoms with Crippen LogP contribution in [0.4, 0.5) is 5.69 Å². The van der Waals surface area contributed by atoms with Crippen LogP contribution >= 0.6 is 0 Å². The highest BCUT2D eigenvalue weighted by Gasteiger charge is 2.13. The normalized spacial score (nSPS) is 11.1. The first-order valence-electron chi connectivity index (χ1n) is 4.88. The predicted molar refractivity (Wildman–Crippen MR) is 64.9 cm³/mol. The third kappa shape index (κ3) is 3.69. The minimum absolute atomic E-state index is 0.115. The molecule has 0 aliphatic heterocycles. The van der Waals surface area contributed by atoms with Gasteiger partial charge in [-0.3, -0.25) is 4.79 Å². The molecule has 18 heavy (non-hydrogen) atoms. The van der Waals surface area contributed by atoms with Crippen molar-refractivity contribution in [3.05, 3.63) is 18.2 Å². The average Bonchev–Trinajstić information content (AvgIpc) is 2.28. The summed E-state index contributed by atoms with van der Waals surface area (Å²) in [4.78, 5) is 11.3. The highest BCUT2D eigenvalue weighted by molar-refractivity contribution is 7.89. The number of nitrogens with two attached hydrogens (primary N) is 1. The standard InChI is InChI=1S/C10H14N2O5S/c1-16-6-10(13)12-8-5-7(18(11,14)15)3-4-9(8)17-2/h3-5H,6H2,1-2H3,(H,12,13)(H2,11,14,15). The predicted octanol–water partition coefficient (Wildman–Crippen LogP) is -0.0725. The second kappa shape index (κ2) is 5.80. The van der Waals surface area contributed by atoms with E-state index >= 15 is 0 Å². The molecule has 7 nitrogen and oxygen atoms in total. The fourth-order valence-electron chi connectivity index (χ4n) is 1.28. The van der Waals surface area contributed by atoms with Gasteiger partial charge >= 0.3 is 0 Å². The molecule has 0 unspecified atom stereocenters. The number of nitrogens with one attached hydrogen (secondary N) is 1. The van der Waals surface area contributed by atoms with E-state index in [4.69, 9.17) is 9.88 Å². The van der Waals surface area contributed by atoms with Gasteiger partial charge in [0, 0.05) is 7.11 Å². The summed E-state index contributed by atoms with van der Waals surface area (Å²) in [7, 11) is -1.06. The van der Waals surface area contributed by atoms with Crippen molar-refractivity contribution in [2.24, 2.45) is 5.14 Å². The van der Waals surface area contributed by atoms with Gasteiger partial charge in [0.25, 0.3) is 0 Å². The number of carbonyl (C=O) groups excluding carboxylic acids is 1. The van der Waals surface area contributed by atoms with Gasteiger partial charge in [0.2, 0.25) is 15.9 Å². The summed E-state index contributed by atoms with van der Waals surface area (Å²) < 4.78 is 32.0. The third-order valence-corrected chi connectivity index (χ3v) is 2.96. The molecule has 0 aromatic heterocycles. The van der Waals surface area contributed by atoms with E-state index in [1.54, 1.807) is 0 Å². The van der Waals surface area contributed by atoms with Crippen molar-refractivity contribution in [1.29, 1.82) is 0 Å². The van der Waals surface area contributed by atoms with Crippen LogP contribution in [0.3, 0.4) is 0 Å². The zero-order valence-electron chi connectivity index (χ0n) is 9.97. The SMILES string of the molecule is COCC(=O)Nc1cc(S(N)(=O)=O)ccc1OC. The second-order valence-corrected chi connectivity index (χ2v) is 4.95. The van der Waals surface area contributed by atoms with Crippen molar-refractivity contribution in [1.82, 2.24) is 0 Å². The second-order valence-electron chi connectivity index (χ2n) is 3.39. The van der Waals surface area contributed by atoms with Gasteiger partial charge in [0.15, 0.2) is 0 Å². The minimum atomic E-state index is -3.84. The number of primary sulfonamides is 1. The largest absolute Gasteiger partial charge is 0.495 e. The first-order valence-corrected chi connectivity index (χ1v) is 6.42. The van der Waals surface area contributed by atoms with E-state index < -0.39 is 15.9 Å². The van der Waals surface area contributed by atoms with E-state index in [0.717, 1.165) is 0 Å². The van der Waals surface area contributed by atoms with E-state index in [-0.39, 0.29) is 17.2 Å². The van der Waals surface area contributed by atoms with Crippen LogP contribution in [0.1, 0.15) is 0 Å². The number of rotatable bonds is 5. The van der Waals surface area contributed by atoms with Crippen molar-refractivity contribution in [3.63, 3.8) is 0 Å². The zero-order valence-corrected chi connectivity index (χ0v) is 10.8. The van der Waals surface area contributed by atoms with Crippen LogP contribution in [0.15, 0.2) is 23.1 Å². The maximum absolute atomic E-state index is 11.4. The molecule has 0 radical (unpaired) electrons. The molecule has 0 saturated carbocycles. The molecule has 1 aromatic carbocycles. The first kappa shape index (κ1) is 14.4. The van der Waals surface area contributed by atoms with Crippen LogP contribution in [-0.2, 0) is 19.6 Å². The van der Waals surface area contributed by atoms with E-state index in [2.05, 4.69) is 10.1 Å². The minimum Gasteiger partial charge on any atom is -0.495 e. The summed E-state index contributed by atoms with van der Waals surface area (Å²) in [6, 6.07) is 3.92. The highest BCUT2D eigenvalue weighted by atomic mass is 32.2. The van der Waals surface area contributed by atoms with Crippen molar-refractivity contribution in [3.8, 4) is 5.75 Å². The number of anilines is 1. The molecule has 0 saturated heterocycles. The van der Waals surface area contributed by atoms with Crippen LogP contribution in [0.5, 0.6) is 5.75 Å². The first-order chi connectivity index (χ1) is 8.38. The van der Waals surface area contributed by atoms with E-state index in [0.29, 0.717) is 5.75 Å². The van der Waals surface area contributed by atoms with Gasteiger partial charge in [-0.2, -0.15) is 0 Å². The Morgan fingerprint density at radius 3 is 2.56 bits per heavy atom. The molecule has 1 rings (SSSR count). The number of hydrogen-bond acceptors (Lipinski definition) is 5. The quantitative estimate of drug-likeness (QED) is 0.781. The number of amides is 1. The molecular formula is C10H14N2O5S. The molecule has 0 atom stereocenters. The van der Waals surface area contributed by atoms with Gasteiger partial charge in [-0.15, -0.1) is 0 Å². The summed E-state index contributed by atoms with van der Waals surface area (Å²) in [6.45, 7) is -0.150. The maximum atomic E-state index is 11.4. The molecule has 0 aliphatic rings. The molecule has 8 heteroatoms. The van der Waals surface area contributed by atoms with Crippen LogP contribution < -0.4 is 15.2 Å². The molecule has 3 N–H and O–H groups in total. The molecule has 0 heterocycles. The smallest absolute Gasteiger partial charge is 0.250 e. The van der Waals surface area contributed by atoms with Gasteiger partial charge in [-0.05, 0) is 18.2 Å². The fourth-order valence-corrected chi connectivity index (χ4v) is 1.82. The number of hydrogen-bond donors (Lipinski definition) is 2. The highest BCUT2D eigenvalue weighted by Crippen LogP contribution is 2.26. The summed E-state index contributed by atoms with van der Waals surface area (Å²) >= 11 is 0. The monoisotopic (exact) mass is 274 g/mol. The van der Waals surface area contributed by atoms with Gasteiger partial charge in [0.1, 0.15) is 12.4 Å². The third-order valence-electron chi connectivity index (χ3n) is 2.05. The Hall–Kier alpha value is -1.64. The van der Waals surface area contributed by atoms with Gasteiger partial charge < -0.3 is 14.8 Å². The molecule has 1 amide bonds. The lowest BCUT2D eigenvalue weighted by molar-refractivity contribution is -0.119. The summed E-state index contributed by atoms with van der Waals surface area (Å²) in [5, 5.41) is 7.47. The van der Waals surface area contributed by atoms with E-state index in [9.17, 15) is 13.2 Å².